The van der Waals surface area contributed by atoms with Crippen molar-refractivity contribution in [3.63, 3.8) is 0 Å². The minimum Gasteiger partial charge on any atom is -0.481 e. The van der Waals surface area contributed by atoms with Gasteiger partial charge >= 0.3 is 0 Å². The van der Waals surface area contributed by atoms with E-state index in [0.29, 0.717) is 16.9 Å². The molecule has 0 amide bonds. The van der Waals surface area contributed by atoms with Gasteiger partial charge in [0.25, 0.3) is 0 Å². The standard InChI is InChI=1S/C14H16BrN3OS/c1-3-4-10-13(15)14(20)18-11(17-10)7-9-5-6-12(19-2)16-8-9/h5-6,8H,3-4,7H2,1-2H3,(H,17,18,20). The Hall–Kier alpha value is -1.27. The van der Waals surface area contributed by atoms with Crippen molar-refractivity contribution in [2.75, 3.05) is 7.11 Å². The summed E-state index contributed by atoms with van der Waals surface area (Å²) >= 11 is 8.78. The Kier molecular flexibility index (Phi) is 5.25. The van der Waals surface area contributed by atoms with Crippen LogP contribution in [0.2, 0.25) is 0 Å². The van der Waals surface area contributed by atoms with Crippen LogP contribution in [0.3, 0.4) is 0 Å². The van der Waals surface area contributed by atoms with E-state index in [1.54, 1.807) is 13.3 Å². The van der Waals surface area contributed by atoms with Crippen LogP contribution in [0.4, 0.5) is 0 Å². The molecule has 0 aromatic carbocycles. The van der Waals surface area contributed by atoms with Crippen molar-refractivity contribution >= 4 is 28.1 Å². The highest BCUT2D eigenvalue weighted by Crippen LogP contribution is 2.18. The van der Waals surface area contributed by atoms with E-state index in [-0.39, 0.29) is 0 Å². The van der Waals surface area contributed by atoms with Crippen molar-refractivity contribution in [2.45, 2.75) is 26.2 Å². The zero-order chi connectivity index (χ0) is 14.5. The highest BCUT2D eigenvalue weighted by atomic mass is 79.9. The van der Waals surface area contributed by atoms with Gasteiger partial charge in [-0.25, -0.2) is 9.97 Å². The maximum Gasteiger partial charge on any atom is 0.212 e. The first-order valence-corrected chi connectivity index (χ1v) is 7.60. The van der Waals surface area contributed by atoms with Crippen LogP contribution >= 0.6 is 28.1 Å². The molecule has 0 spiro atoms. The number of ether oxygens (including phenoxy) is 1. The zero-order valence-electron chi connectivity index (χ0n) is 11.4. The predicted molar refractivity (Wildman–Crippen MR) is 84.7 cm³/mol. The molecule has 0 radical (unpaired) electrons. The predicted octanol–water partition coefficient (Wildman–Crippen LogP) is 3.85. The summed E-state index contributed by atoms with van der Waals surface area (Å²) in [6.07, 6.45) is 4.46. The molecule has 0 atom stereocenters. The molecule has 0 bridgehead atoms. The molecule has 106 valence electrons. The van der Waals surface area contributed by atoms with Crippen molar-refractivity contribution in [3.05, 3.63) is 44.5 Å². The van der Waals surface area contributed by atoms with E-state index in [1.807, 2.05) is 12.1 Å². The summed E-state index contributed by atoms with van der Waals surface area (Å²) in [6.45, 7) is 2.14. The number of H-pyrrole nitrogens is 1. The van der Waals surface area contributed by atoms with Gasteiger partial charge in [0.1, 0.15) is 10.5 Å². The zero-order valence-corrected chi connectivity index (χ0v) is 13.8. The van der Waals surface area contributed by atoms with E-state index < -0.39 is 0 Å². The van der Waals surface area contributed by atoms with Crippen LogP contribution in [0.5, 0.6) is 5.88 Å². The van der Waals surface area contributed by atoms with Crippen molar-refractivity contribution < 1.29 is 4.74 Å². The molecule has 0 saturated carbocycles. The lowest BCUT2D eigenvalue weighted by Crippen LogP contribution is -2.03. The van der Waals surface area contributed by atoms with Crippen LogP contribution in [0, 0.1) is 4.64 Å². The third kappa shape index (κ3) is 3.64. The Morgan fingerprint density at radius 3 is 2.80 bits per heavy atom. The van der Waals surface area contributed by atoms with Crippen molar-refractivity contribution in [1.82, 2.24) is 15.0 Å². The number of nitrogens with zero attached hydrogens (tertiary/aromatic N) is 2. The van der Waals surface area contributed by atoms with E-state index in [4.69, 9.17) is 17.0 Å². The first-order chi connectivity index (χ1) is 9.63. The van der Waals surface area contributed by atoms with Gasteiger partial charge in [0.05, 0.1) is 11.6 Å². The number of methoxy groups -OCH3 is 1. The molecule has 0 aliphatic rings. The molecule has 2 aromatic rings. The number of rotatable bonds is 5. The van der Waals surface area contributed by atoms with Gasteiger partial charge in [0.15, 0.2) is 0 Å². The summed E-state index contributed by atoms with van der Waals surface area (Å²) < 4.78 is 6.54. The maximum absolute atomic E-state index is 5.28. The molecule has 2 aromatic heterocycles. The molecule has 0 saturated heterocycles. The van der Waals surface area contributed by atoms with Gasteiger partial charge in [-0.1, -0.05) is 31.6 Å². The molecular formula is C14H16BrN3OS. The summed E-state index contributed by atoms with van der Waals surface area (Å²) in [7, 11) is 1.60. The molecular weight excluding hydrogens is 338 g/mol. The molecule has 0 unspecified atom stereocenters. The molecule has 0 fully saturated rings. The topological polar surface area (TPSA) is 50.8 Å². The number of aromatic amines is 1. The second-order valence-electron chi connectivity index (χ2n) is 4.42. The highest BCUT2D eigenvalue weighted by Gasteiger charge is 2.07. The normalized spacial score (nSPS) is 10.6. The van der Waals surface area contributed by atoms with Crippen molar-refractivity contribution in [3.8, 4) is 5.88 Å². The van der Waals surface area contributed by atoms with Crippen LogP contribution in [0.15, 0.2) is 22.8 Å². The van der Waals surface area contributed by atoms with Crippen LogP contribution in [0.25, 0.3) is 0 Å². The third-order valence-corrected chi connectivity index (χ3v) is 4.27. The SMILES string of the molecule is CCCc1[nH]c(Cc2ccc(OC)nc2)nc(=S)c1Br. The molecule has 4 nitrogen and oxygen atoms in total. The van der Waals surface area contributed by atoms with Gasteiger partial charge in [0.2, 0.25) is 5.88 Å². The first-order valence-electron chi connectivity index (χ1n) is 6.40. The monoisotopic (exact) mass is 353 g/mol. The van der Waals surface area contributed by atoms with Gasteiger partial charge < -0.3 is 9.72 Å². The lowest BCUT2D eigenvalue weighted by Gasteiger charge is -2.08. The Bertz CT molecular complexity index is 640. The first kappa shape index (κ1) is 15.1. The number of hydrogen-bond acceptors (Lipinski definition) is 4. The second kappa shape index (κ2) is 6.95. The fourth-order valence-electron chi connectivity index (χ4n) is 1.89. The van der Waals surface area contributed by atoms with Crippen molar-refractivity contribution in [1.29, 1.82) is 0 Å². The number of aryl methyl sites for hydroxylation is 1. The summed E-state index contributed by atoms with van der Waals surface area (Å²) in [6, 6.07) is 3.82. The van der Waals surface area contributed by atoms with Crippen LogP contribution in [-0.2, 0) is 12.8 Å². The van der Waals surface area contributed by atoms with Crippen molar-refractivity contribution in [2.24, 2.45) is 0 Å². The molecule has 2 heterocycles. The molecule has 0 aliphatic carbocycles. The Labute approximate surface area is 131 Å². The van der Waals surface area contributed by atoms with Gasteiger partial charge in [-0.2, -0.15) is 0 Å². The van der Waals surface area contributed by atoms with E-state index in [2.05, 4.69) is 37.8 Å². The lowest BCUT2D eigenvalue weighted by atomic mass is 10.2. The average molecular weight is 354 g/mol. The summed E-state index contributed by atoms with van der Waals surface area (Å²) in [5, 5.41) is 0. The molecule has 1 N–H and O–H groups in total. The Morgan fingerprint density at radius 1 is 1.40 bits per heavy atom. The lowest BCUT2D eigenvalue weighted by molar-refractivity contribution is 0.397. The molecule has 2 rings (SSSR count). The second-order valence-corrected chi connectivity index (χ2v) is 5.60. The number of aromatic nitrogens is 3. The molecule has 6 heteroatoms. The Morgan fingerprint density at radius 2 is 2.20 bits per heavy atom. The van der Waals surface area contributed by atoms with E-state index in [1.165, 1.54) is 0 Å². The fourth-order valence-corrected chi connectivity index (χ4v) is 2.51. The average Bonchev–Trinajstić information content (AvgIpc) is 2.45. The Balaban J connectivity index is 2.26. The van der Waals surface area contributed by atoms with E-state index >= 15 is 0 Å². The van der Waals surface area contributed by atoms with Gasteiger partial charge in [-0.15, -0.1) is 0 Å². The summed E-state index contributed by atoms with van der Waals surface area (Å²) in [4.78, 5) is 11.9. The smallest absolute Gasteiger partial charge is 0.212 e. The number of halogens is 1. The van der Waals surface area contributed by atoms with Gasteiger partial charge in [0, 0.05) is 24.4 Å². The van der Waals surface area contributed by atoms with Crippen LogP contribution in [0.1, 0.15) is 30.4 Å². The van der Waals surface area contributed by atoms with Crippen LogP contribution < -0.4 is 4.74 Å². The van der Waals surface area contributed by atoms with E-state index in [9.17, 15) is 0 Å². The molecule has 20 heavy (non-hydrogen) atoms. The summed E-state index contributed by atoms with van der Waals surface area (Å²) in [5.74, 6) is 1.46. The molecule has 0 aliphatic heterocycles. The fraction of sp³-hybridized carbons (Fsp3) is 0.357. The maximum atomic E-state index is 5.28. The van der Waals surface area contributed by atoms with Gasteiger partial charge in [-0.3, -0.25) is 0 Å². The number of hydrogen-bond donors (Lipinski definition) is 1. The quantitative estimate of drug-likeness (QED) is 0.829. The van der Waals surface area contributed by atoms with Crippen LogP contribution in [-0.4, -0.2) is 22.1 Å². The minimum atomic E-state index is 0.601. The highest BCUT2D eigenvalue weighted by molar-refractivity contribution is 9.10. The minimum absolute atomic E-state index is 0.601. The van der Waals surface area contributed by atoms with E-state index in [0.717, 1.165) is 34.4 Å². The number of pyridine rings is 1. The number of nitrogens with one attached hydrogen (secondary N) is 1. The van der Waals surface area contributed by atoms with Gasteiger partial charge in [-0.05, 0) is 27.9 Å². The largest absolute Gasteiger partial charge is 0.481 e. The summed E-state index contributed by atoms with van der Waals surface area (Å²) in [5.41, 5.74) is 2.16. The third-order valence-electron chi connectivity index (χ3n) is 2.86.